The molecule has 0 aromatic heterocycles. The van der Waals surface area contributed by atoms with Gasteiger partial charge in [-0.15, -0.1) is 0 Å². The van der Waals surface area contributed by atoms with Gasteiger partial charge in [-0.3, -0.25) is 4.90 Å². The highest BCUT2D eigenvalue weighted by atomic mass is 16.3. The van der Waals surface area contributed by atoms with Crippen LogP contribution >= 0.6 is 0 Å². The lowest BCUT2D eigenvalue weighted by molar-refractivity contribution is 0.0115. The van der Waals surface area contributed by atoms with E-state index in [1.807, 2.05) is 6.92 Å². The van der Waals surface area contributed by atoms with Crippen molar-refractivity contribution in [3.05, 3.63) is 0 Å². The van der Waals surface area contributed by atoms with E-state index in [2.05, 4.69) is 11.8 Å². The van der Waals surface area contributed by atoms with Gasteiger partial charge >= 0.3 is 0 Å². The Hall–Kier alpha value is -0.0800. The molecule has 82 valence electrons. The Morgan fingerprint density at radius 1 is 1.36 bits per heavy atom. The molecule has 2 nitrogen and oxygen atoms in total. The van der Waals surface area contributed by atoms with Gasteiger partial charge in [-0.2, -0.15) is 0 Å². The molecule has 3 unspecified atom stereocenters. The third-order valence-electron chi connectivity index (χ3n) is 4.18. The highest BCUT2D eigenvalue weighted by Gasteiger charge is 2.39. The Labute approximate surface area is 87.3 Å². The van der Waals surface area contributed by atoms with Crippen LogP contribution in [0.25, 0.3) is 0 Å². The Morgan fingerprint density at radius 3 is 2.86 bits per heavy atom. The molecule has 0 aromatic carbocycles. The van der Waals surface area contributed by atoms with Crippen LogP contribution in [0, 0.1) is 5.92 Å². The predicted octanol–water partition coefficient (Wildman–Crippen LogP) is 2.02. The number of hydrogen-bond acceptors (Lipinski definition) is 2. The number of β-amino-alcohol motifs (C(OH)–C–C–N with tert-alkyl or cyclic N) is 1. The molecule has 2 aliphatic rings. The number of aliphatic hydroxyl groups is 1. The van der Waals surface area contributed by atoms with Gasteiger partial charge in [-0.25, -0.2) is 0 Å². The SMILES string of the molecule is CCC(C)(O)CN1CCC2CCCC21. The summed E-state index contributed by atoms with van der Waals surface area (Å²) in [6, 6.07) is 0.799. The minimum atomic E-state index is -0.475. The molecule has 2 fully saturated rings. The lowest BCUT2D eigenvalue weighted by Crippen LogP contribution is -2.43. The van der Waals surface area contributed by atoms with Crippen LogP contribution in [0.4, 0.5) is 0 Å². The molecular formula is C12H23NO. The van der Waals surface area contributed by atoms with Crippen LogP contribution in [0.1, 0.15) is 46.0 Å². The smallest absolute Gasteiger partial charge is 0.0743 e. The minimum Gasteiger partial charge on any atom is -0.389 e. The van der Waals surface area contributed by atoms with Gasteiger partial charge < -0.3 is 5.11 Å². The van der Waals surface area contributed by atoms with Gasteiger partial charge in [0, 0.05) is 12.6 Å². The molecule has 1 saturated carbocycles. The molecule has 1 heterocycles. The molecular weight excluding hydrogens is 174 g/mol. The number of nitrogens with zero attached hydrogens (tertiary/aromatic N) is 1. The van der Waals surface area contributed by atoms with Gasteiger partial charge in [0.2, 0.25) is 0 Å². The summed E-state index contributed by atoms with van der Waals surface area (Å²) in [4.78, 5) is 2.53. The zero-order valence-electron chi connectivity index (χ0n) is 9.50. The molecule has 2 rings (SSSR count). The first-order chi connectivity index (χ1) is 6.62. The van der Waals surface area contributed by atoms with Gasteiger partial charge in [-0.1, -0.05) is 13.3 Å². The number of rotatable bonds is 3. The van der Waals surface area contributed by atoms with Crippen molar-refractivity contribution in [2.75, 3.05) is 13.1 Å². The zero-order valence-corrected chi connectivity index (χ0v) is 9.50. The normalized spacial score (nSPS) is 37.1. The first kappa shape index (κ1) is 10.4. The largest absolute Gasteiger partial charge is 0.389 e. The minimum absolute atomic E-state index is 0.475. The molecule has 1 aliphatic heterocycles. The van der Waals surface area contributed by atoms with E-state index in [1.165, 1.54) is 32.2 Å². The topological polar surface area (TPSA) is 23.5 Å². The number of fused-ring (bicyclic) bond motifs is 1. The van der Waals surface area contributed by atoms with Gasteiger partial charge in [0.05, 0.1) is 5.60 Å². The summed E-state index contributed by atoms with van der Waals surface area (Å²) in [5.74, 6) is 0.947. The van der Waals surface area contributed by atoms with Crippen molar-refractivity contribution in [2.45, 2.75) is 57.6 Å². The highest BCUT2D eigenvalue weighted by molar-refractivity contribution is 4.93. The molecule has 0 amide bonds. The summed E-state index contributed by atoms with van der Waals surface area (Å²) >= 11 is 0. The quantitative estimate of drug-likeness (QED) is 0.748. The van der Waals surface area contributed by atoms with Gasteiger partial charge in [0.25, 0.3) is 0 Å². The van der Waals surface area contributed by atoms with E-state index in [-0.39, 0.29) is 0 Å². The molecule has 1 N–H and O–H groups in total. The standard InChI is InChI=1S/C12H23NO/c1-3-12(2,14)9-13-8-7-10-5-4-6-11(10)13/h10-11,14H,3-9H2,1-2H3. The second kappa shape index (κ2) is 3.82. The van der Waals surface area contributed by atoms with E-state index < -0.39 is 5.60 Å². The van der Waals surface area contributed by atoms with Crippen molar-refractivity contribution < 1.29 is 5.11 Å². The third-order valence-corrected chi connectivity index (χ3v) is 4.18. The molecule has 14 heavy (non-hydrogen) atoms. The summed E-state index contributed by atoms with van der Waals surface area (Å²) < 4.78 is 0. The fourth-order valence-electron chi connectivity index (χ4n) is 3.08. The second-order valence-electron chi connectivity index (χ2n) is 5.37. The maximum absolute atomic E-state index is 10.1. The van der Waals surface area contributed by atoms with E-state index in [4.69, 9.17) is 0 Å². The fourth-order valence-corrected chi connectivity index (χ4v) is 3.08. The van der Waals surface area contributed by atoms with Crippen LogP contribution < -0.4 is 0 Å². The first-order valence-electron chi connectivity index (χ1n) is 6.09. The molecule has 3 atom stereocenters. The molecule has 1 saturated heterocycles. The van der Waals surface area contributed by atoms with E-state index in [0.717, 1.165) is 24.9 Å². The molecule has 2 heteroatoms. The van der Waals surface area contributed by atoms with Crippen molar-refractivity contribution in [1.82, 2.24) is 4.90 Å². The monoisotopic (exact) mass is 197 g/mol. The van der Waals surface area contributed by atoms with Crippen LogP contribution in [0.15, 0.2) is 0 Å². The molecule has 0 bridgehead atoms. The van der Waals surface area contributed by atoms with Gasteiger partial charge in [0.1, 0.15) is 0 Å². The van der Waals surface area contributed by atoms with Crippen molar-refractivity contribution in [3.8, 4) is 0 Å². The molecule has 0 aromatic rings. The van der Waals surface area contributed by atoms with E-state index in [9.17, 15) is 5.11 Å². The van der Waals surface area contributed by atoms with Crippen molar-refractivity contribution >= 4 is 0 Å². The second-order valence-corrected chi connectivity index (χ2v) is 5.37. The first-order valence-corrected chi connectivity index (χ1v) is 6.09. The molecule has 1 aliphatic carbocycles. The lowest BCUT2D eigenvalue weighted by atomic mass is 10.0. The van der Waals surface area contributed by atoms with Crippen molar-refractivity contribution in [1.29, 1.82) is 0 Å². The summed E-state index contributed by atoms with van der Waals surface area (Å²) in [5, 5.41) is 10.1. The predicted molar refractivity (Wildman–Crippen MR) is 58.2 cm³/mol. The van der Waals surface area contributed by atoms with Crippen LogP contribution in [-0.2, 0) is 0 Å². The molecule has 0 radical (unpaired) electrons. The van der Waals surface area contributed by atoms with Gasteiger partial charge in [-0.05, 0) is 45.1 Å². The van der Waals surface area contributed by atoms with E-state index >= 15 is 0 Å². The maximum atomic E-state index is 10.1. The Balaban J connectivity index is 1.93. The highest BCUT2D eigenvalue weighted by Crippen LogP contribution is 2.38. The molecule has 0 spiro atoms. The summed E-state index contributed by atoms with van der Waals surface area (Å²) in [7, 11) is 0. The Bertz CT molecular complexity index is 202. The van der Waals surface area contributed by atoms with Gasteiger partial charge in [0.15, 0.2) is 0 Å². The average Bonchev–Trinajstić information content (AvgIpc) is 2.70. The lowest BCUT2D eigenvalue weighted by Gasteiger charge is -2.31. The Kier molecular flexibility index (Phi) is 2.85. The zero-order chi connectivity index (χ0) is 10.2. The Morgan fingerprint density at radius 2 is 2.14 bits per heavy atom. The number of likely N-dealkylation sites (tertiary alicyclic amines) is 1. The van der Waals surface area contributed by atoms with Crippen molar-refractivity contribution in [3.63, 3.8) is 0 Å². The fraction of sp³-hybridized carbons (Fsp3) is 1.00. The number of hydrogen-bond donors (Lipinski definition) is 1. The van der Waals surface area contributed by atoms with Crippen LogP contribution in [0.3, 0.4) is 0 Å². The third kappa shape index (κ3) is 1.96. The summed E-state index contributed by atoms with van der Waals surface area (Å²) in [5.41, 5.74) is -0.475. The van der Waals surface area contributed by atoms with Crippen LogP contribution in [-0.4, -0.2) is 34.7 Å². The van der Waals surface area contributed by atoms with Crippen LogP contribution in [0.5, 0.6) is 0 Å². The van der Waals surface area contributed by atoms with E-state index in [1.54, 1.807) is 0 Å². The van der Waals surface area contributed by atoms with Crippen LogP contribution in [0.2, 0.25) is 0 Å². The summed E-state index contributed by atoms with van der Waals surface area (Å²) in [6.45, 7) is 6.13. The summed E-state index contributed by atoms with van der Waals surface area (Å²) in [6.07, 6.45) is 6.42. The average molecular weight is 197 g/mol. The van der Waals surface area contributed by atoms with Crippen molar-refractivity contribution in [2.24, 2.45) is 5.92 Å². The van der Waals surface area contributed by atoms with E-state index in [0.29, 0.717) is 0 Å². The maximum Gasteiger partial charge on any atom is 0.0743 e.